The second kappa shape index (κ2) is 19.0. The Morgan fingerprint density at radius 1 is 0.872 bits per heavy atom. The lowest BCUT2D eigenvalue weighted by atomic mass is 10.1. The number of carbonyl (C=O) groups excluding carboxylic acids is 3. The van der Waals surface area contributed by atoms with Crippen LogP contribution in [-0.4, -0.2) is 37.1 Å². The third kappa shape index (κ3) is 13.4. The van der Waals surface area contributed by atoms with Gasteiger partial charge in [-0.15, -0.1) is 0 Å². The van der Waals surface area contributed by atoms with Crippen LogP contribution in [0, 0.1) is 0 Å². The maximum Gasteiger partial charge on any atom is 0.343 e. The van der Waals surface area contributed by atoms with Gasteiger partial charge in [0.1, 0.15) is 11.5 Å². The number of carbonyl (C=O) groups is 3. The summed E-state index contributed by atoms with van der Waals surface area (Å²) in [6.45, 7) is 4.48. The maximum absolute atomic E-state index is 12.6. The van der Waals surface area contributed by atoms with E-state index in [0.717, 1.165) is 23.7 Å². The normalized spacial score (nSPS) is 10.8. The number of unbranched alkanes of at least 4 members (excludes halogenated alkanes) is 8. The zero-order chi connectivity index (χ0) is 28.3. The fourth-order valence-corrected chi connectivity index (χ4v) is 4.18. The molecule has 0 atom stereocenters. The number of halogens is 1. The Morgan fingerprint density at radius 2 is 1.54 bits per heavy atom. The number of hydrogen-bond acceptors (Lipinski definition) is 6. The first-order valence-corrected chi connectivity index (χ1v) is 14.6. The van der Waals surface area contributed by atoms with Crippen LogP contribution >= 0.6 is 15.9 Å². The molecule has 0 aliphatic rings. The van der Waals surface area contributed by atoms with Crippen LogP contribution in [0.3, 0.4) is 0 Å². The van der Waals surface area contributed by atoms with Gasteiger partial charge in [-0.05, 0) is 55.8 Å². The highest BCUT2D eigenvalue weighted by Crippen LogP contribution is 2.23. The highest BCUT2D eigenvalue weighted by Gasteiger charge is 2.12. The summed E-state index contributed by atoms with van der Waals surface area (Å²) in [5.41, 5.74) is 3.24. The summed E-state index contributed by atoms with van der Waals surface area (Å²) in [5, 5.41) is 6.57. The zero-order valence-electron chi connectivity index (χ0n) is 23.0. The third-order valence-corrected chi connectivity index (χ3v) is 6.42. The van der Waals surface area contributed by atoms with Gasteiger partial charge >= 0.3 is 5.97 Å². The van der Waals surface area contributed by atoms with Crippen LogP contribution in [0.25, 0.3) is 0 Å². The molecule has 0 fully saturated rings. The van der Waals surface area contributed by atoms with Gasteiger partial charge in [-0.25, -0.2) is 10.2 Å². The van der Waals surface area contributed by atoms with Gasteiger partial charge in [0.2, 0.25) is 5.91 Å². The Balaban J connectivity index is 1.73. The molecule has 0 bridgehead atoms. The van der Waals surface area contributed by atoms with E-state index >= 15 is 0 Å². The summed E-state index contributed by atoms with van der Waals surface area (Å²) < 4.78 is 11.7. The first-order chi connectivity index (χ1) is 18.9. The van der Waals surface area contributed by atoms with Gasteiger partial charge in [0.05, 0.1) is 24.9 Å². The number of nitrogens with one attached hydrogen (secondary N) is 2. The number of hydrogen-bond donors (Lipinski definition) is 2. The van der Waals surface area contributed by atoms with Gasteiger partial charge in [0, 0.05) is 16.5 Å². The van der Waals surface area contributed by atoms with Crippen LogP contribution in [0.2, 0.25) is 0 Å². The summed E-state index contributed by atoms with van der Waals surface area (Å²) in [6, 6.07) is 11.7. The van der Waals surface area contributed by atoms with Crippen molar-refractivity contribution >= 4 is 39.9 Å². The molecule has 0 unspecified atom stereocenters. The molecule has 8 nitrogen and oxygen atoms in total. The van der Waals surface area contributed by atoms with Crippen LogP contribution in [-0.2, 0) is 9.59 Å². The molecule has 2 aromatic rings. The van der Waals surface area contributed by atoms with Crippen LogP contribution in [0.1, 0.15) is 94.0 Å². The van der Waals surface area contributed by atoms with Crippen molar-refractivity contribution in [2.75, 3.05) is 13.2 Å². The van der Waals surface area contributed by atoms with Crippen molar-refractivity contribution in [3.05, 3.63) is 58.1 Å². The van der Waals surface area contributed by atoms with E-state index in [-0.39, 0.29) is 18.2 Å². The van der Waals surface area contributed by atoms with Crippen LogP contribution < -0.4 is 20.2 Å². The molecule has 0 saturated carbocycles. The highest BCUT2D eigenvalue weighted by molar-refractivity contribution is 9.10. The fraction of sp³-hybridized carbons (Fsp3) is 0.467. The van der Waals surface area contributed by atoms with Crippen LogP contribution in [0.5, 0.6) is 11.5 Å². The van der Waals surface area contributed by atoms with Gasteiger partial charge in [0.15, 0.2) is 0 Å². The third-order valence-electron chi connectivity index (χ3n) is 5.92. The number of esters is 1. The minimum atomic E-state index is -0.534. The summed E-state index contributed by atoms with van der Waals surface area (Å²) in [6.07, 6.45) is 12.4. The van der Waals surface area contributed by atoms with Crippen molar-refractivity contribution in [3.63, 3.8) is 0 Å². The molecule has 2 amide bonds. The first kappa shape index (κ1) is 32.0. The molecular formula is C30H40BrN3O5. The van der Waals surface area contributed by atoms with Gasteiger partial charge in [-0.2, -0.15) is 5.10 Å². The second-order valence-corrected chi connectivity index (χ2v) is 10.1. The second-order valence-electron chi connectivity index (χ2n) is 9.18. The molecule has 0 aliphatic carbocycles. The van der Waals surface area contributed by atoms with Crippen molar-refractivity contribution in [1.29, 1.82) is 0 Å². The average molecular weight is 603 g/mol. The van der Waals surface area contributed by atoms with E-state index in [1.165, 1.54) is 44.7 Å². The first-order valence-electron chi connectivity index (χ1n) is 13.8. The molecule has 0 heterocycles. The molecule has 39 heavy (non-hydrogen) atoms. The molecule has 2 aromatic carbocycles. The van der Waals surface area contributed by atoms with E-state index in [4.69, 9.17) is 9.47 Å². The van der Waals surface area contributed by atoms with Gasteiger partial charge in [0.25, 0.3) is 5.91 Å². The number of nitrogens with zero attached hydrogens (tertiary/aromatic N) is 1. The summed E-state index contributed by atoms with van der Waals surface area (Å²) in [7, 11) is 0. The van der Waals surface area contributed by atoms with E-state index in [2.05, 4.69) is 38.7 Å². The summed E-state index contributed by atoms with van der Waals surface area (Å²) in [4.78, 5) is 36.7. The van der Waals surface area contributed by atoms with E-state index in [0.29, 0.717) is 29.9 Å². The van der Waals surface area contributed by atoms with Gasteiger partial charge < -0.3 is 14.8 Å². The molecule has 0 aromatic heterocycles. The van der Waals surface area contributed by atoms with Crippen LogP contribution in [0.4, 0.5) is 0 Å². The molecule has 2 rings (SSSR count). The highest BCUT2D eigenvalue weighted by atomic mass is 79.9. The number of rotatable bonds is 18. The predicted molar refractivity (Wildman–Crippen MR) is 157 cm³/mol. The number of ether oxygens (including phenoxy) is 2. The largest absolute Gasteiger partial charge is 0.494 e. The standard InChI is InChI=1S/C30H40BrN3O5/c1-3-5-6-7-8-9-10-11-12-13-28(35)32-22-29(36)34-33-21-24-20-25(31)16-19-27(24)39-30(37)23-14-17-26(18-15-23)38-4-2/h14-21H,3-13,22H2,1-2H3,(H,32,35)(H,34,36)/b33-21+. The summed E-state index contributed by atoms with van der Waals surface area (Å²) in [5.74, 6) is -0.179. The molecule has 0 aliphatic heterocycles. The molecule has 0 radical (unpaired) electrons. The monoisotopic (exact) mass is 601 g/mol. The minimum absolute atomic E-state index is 0.146. The molecule has 2 N–H and O–H groups in total. The van der Waals surface area contributed by atoms with Crippen molar-refractivity contribution < 1.29 is 23.9 Å². The van der Waals surface area contributed by atoms with E-state index < -0.39 is 11.9 Å². The Bertz CT molecular complexity index is 1070. The molecular weight excluding hydrogens is 562 g/mol. The maximum atomic E-state index is 12.6. The van der Waals surface area contributed by atoms with Gasteiger partial charge in [-0.1, -0.05) is 74.2 Å². The van der Waals surface area contributed by atoms with Crippen molar-refractivity contribution in [1.82, 2.24) is 10.7 Å². The van der Waals surface area contributed by atoms with Crippen molar-refractivity contribution in [3.8, 4) is 11.5 Å². The smallest absolute Gasteiger partial charge is 0.343 e. The molecule has 9 heteroatoms. The van der Waals surface area contributed by atoms with Gasteiger partial charge in [-0.3, -0.25) is 9.59 Å². The summed E-state index contributed by atoms with van der Waals surface area (Å²) >= 11 is 3.39. The lowest BCUT2D eigenvalue weighted by molar-refractivity contribution is -0.126. The number of benzene rings is 2. The molecule has 212 valence electrons. The van der Waals surface area contributed by atoms with E-state index in [1.807, 2.05) is 6.92 Å². The predicted octanol–water partition coefficient (Wildman–Crippen LogP) is 6.55. The topological polar surface area (TPSA) is 106 Å². The van der Waals surface area contributed by atoms with Crippen molar-refractivity contribution in [2.45, 2.75) is 78.1 Å². The molecule has 0 spiro atoms. The Kier molecular flexibility index (Phi) is 15.6. The number of amides is 2. The van der Waals surface area contributed by atoms with Crippen molar-refractivity contribution in [2.24, 2.45) is 5.10 Å². The SMILES string of the molecule is CCCCCCCCCCCC(=O)NCC(=O)N/N=C/c1cc(Br)ccc1OC(=O)c1ccc(OCC)cc1. The fourth-order valence-electron chi connectivity index (χ4n) is 3.80. The lowest BCUT2D eigenvalue weighted by Gasteiger charge is -2.09. The average Bonchev–Trinajstić information content (AvgIpc) is 2.93. The number of hydrazone groups is 1. The van der Waals surface area contributed by atoms with E-state index in [9.17, 15) is 14.4 Å². The lowest BCUT2D eigenvalue weighted by Crippen LogP contribution is -2.34. The quantitative estimate of drug-likeness (QED) is 0.0662. The van der Waals surface area contributed by atoms with Crippen LogP contribution in [0.15, 0.2) is 52.0 Å². The Labute approximate surface area is 240 Å². The minimum Gasteiger partial charge on any atom is -0.494 e. The zero-order valence-corrected chi connectivity index (χ0v) is 24.6. The Morgan fingerprint density at radius 3 is 2.21 bits per heavy atom. The molecule has 0 saturated heterocycles. The Hall–Kier alpha value is -3.20. The van der Waals surface area contributed by atoms with E-state index in [1.54, 1.807) is 42.5 Å².